The van der Waals surface area contributed by atoms with Crippen LogP contribution in [-0.2, 0) is 4.79 Å². The van der Waals surface area contributed by atoms with Gasteiger partial charge < -0.3 is 10.6 Å². The van der Waals surface area contributed by atoms with Crippen LogP contribution in [0.1, 0.15) is 90.9 Å². The number of hydrogen-bond donors (Lipinski definition) is 2. The Bertz CT molecular complexity index is 219. The van der Waals surface area contributed by atoms with E-state index in [0.717, 1.165) is 32.5 Å². The van der Waals surface area contributed by atoms with Crippen LogP contribution >= 0.6 is 0 Å². The fourth-order valence-electron chi connectivity index (χ4n) is 2.48. The van der Waals surface area contributed by atoms with E-state index < -0.39 is 0 Å². The Morgan fingerprint density at radius 3 is 1.86 bits per heavy atom. The van der Waals surface area contributed by atoms with Crippen LogP contribution in [0.4, 0.5) is 0 Å². The van der Waals surface area contributed by atoms with Gasteiger partial charge in [0.25, 0.3) is 0 Å². The molecule has 0 saturated heterocycles. The van der Waals surface area contributed by atoms with Gasteiger partial charge in [-0.2, -0.15) is 0 Å². The second-order valence-corrected chi connectivity index (χ2v) is 5.99. The molecule has 0 rings (SSSR count). The first kappa shape index (κ1) is 20.4. The van der Waals surface area contributed by atoms with Crippen LogP contribution in [0.3, 0.4) is 0 Å². The molecule has 0 radical (unpaired) electrons. The monoisotopic (exact) mass is 298 g/mol. The van der Waals surface area contributed by atoms with E-state index in [1.807, 2.05) is 0 Å². The van der Waals surface area contributed by atoms with E-state index in [4.69, 9.17) is 0 Å². The molecule has 3 heteroatoms. The van der Waals surface area contributed by atoms with Crippen molar-refractivity contribution in [2.24, 2.45) is 0 Å². The predicted octanol–water partition coefficient (Wildman–Crippen LogP) is 4.41. The summed E-state index contributed by atoms with van der Waals surface area (Å²) in [4.78, 5) is 11.5. The van der Waals surface area contributed by atoms with Gasteiger partial charge in [0.2, 0.25) is 5.91 Å². The van der Waals surface area contributed by atoms with Crippen LogP contribution in [0.2, 0.25) is 0 Å². The number of carbonyl (C=O) groups excluding carboxylic acids is 1. The molecular weight excluding hydrogens is 260 g/mol. The molecule has 0 saturated carbocycles. The van der Waals surface area contributed by atoms with Crippen molar-refractivity contribution in [1.29, 1.82) is 0 Å². The average molecular weight is 299 g/mol. The highest BCUT2D eigenvalue weighted by Crippen LogP contribution is 2.10. The zero-order chi connectivity index (χ0) is 15.6. The fraction of sp³-hybridized carbons (Fsp3) is 0.944. The molecule has 21 heavy (non-hydrogen) atoms. The Labute approximate surface area is 132 Å². The van der Waals surface area contributed by atoms with Crippen molar-refractivity contribution < 1.29 is 4.79 Å². The molecule has 0 aromatic rings. The predicted molar refractivity (Wildman–Crippen MR) is 92.6 cm³/mol. The lowest BCUT2D eigenvalue weighted by atomic mass is 10.1. The molecule has 0 atom stereocenters. The second-order valence-electron chi connectivity index (χ2n) is 5.99. The molecule has 0 fully saturated rings. The zero-order valence-electron chi connectivity index (χ0n) is 14.5. The van der Waals surface area contributed by atoms with E-state index in [2.05, 4.69) is 24.5 Å². The number of carbonyl (C=O) groups is 1. The molecule has 0 aliphatic heterocycles. The van der Waals surface area contributed by atoms with Gasteiger partial charge in [-0.25, -0.2) is 0 Å². The van der Waals surface area contributed by atoms with Crippen LogP contribution in [0.5, 0.6) is 0 Å². The molecule has 0 aliphatic rings. The Kier molecular flexibility index (Phi) is 17.0. The van der Waals surface area contributed by atoms with E-state index in [0.29, 0.717) is 6.42 Å². The maximum atomic E-state index is 11.5. The van der Waals surface area contributed by atoms with Crippen LogP contribution in [0, 0.1) is 0 Å². The third kappa shape index (κ3) is 17.4. The summed E-state index contributed by atoms with van der Waals surface area (Å²) in [5.41, 5.74) is 0. The van der Waals surface area contributed by atoms with Crippen molar-refractivity contribution in [2.75, 3.05) is 19.6 Å². The quantitative estimate of drug-likeness (QED) is 0.414. The lowest BCUT2D eigenvalue weighted by Crippen LogP contribution is -2.25. The average Bonchev–Trinajstić information content (AvgIpc) is 2.49. The Balaban J connectivity index is 3.09. The lowest BCUT2D eigenvalue weighted by molar-refractivity contribution is -0.121. The van der Waals surface area contributed by atoms with E-state index in [-0.39, 0.29) is 5.91 Å². The molecular formula is C18H38N2O. The summed E-state index contributed by atoms with van der Waals surface area (Å²) in [5, 5.41) is 6.25. The summed E-state index contributed by atoms with van der Waals surface area (Å²) in [6.45, 7) is 7.14. The fourth-order valence-corrected chi connectivity index (χ4v) is 2.48. The van der Waals surface area contributed by atoms with Gasteiger partial charge in [-0.1, -0.05) is 71.6 Å². The summed E-state index contributed by atoms with van der Waals surface area (Å²) >= 11 is 0. The first-order chi connectivity index (χ1) is 10.3. The highest BCUT2D eigenvalue weighted by Gasteiger charge is 1.99. The minimum absolute atomic E-state index is 0.212. The van der Waals surface area contributed by atoms with Crippen molar-refractivity contribution in [3.8, 4) is 0 Å². The van der Waals surface area contributed by atoms with Crippen molar-refractivity contribution in [3.05, 3.63) is 0 Å². The van der Waals surface area contributed by atoms with Crippen LogP contribution < -0.4 is 10.6 Å². The minimum Gasteiger partial charge on any atom is -0.356 e. The van der Waals surface area contributed by atoms with Crippen LogP contribution in [0.15, 0.2) is 0 Å². The topological polar surface area (TPSA) is 41.1 Å². The van der Waals surface area contributed by atoms with Crippen LogP contribution in [-0.4, -0.2) is 25.5 Å². The van der Waals surface area contributed by atoms with E-state index >= 15 is 0 Å². The Morgan fingerprint density at radius 1 is 0.714 bits per heavy atom. The minimum atomic E-state index is 0.212. The molecule has 1 amide bonds. The zero-order valence-corrected chi connectivity index (χ0v) is 14.5. The summed E-state index contributed by atoms with van der Waals surface area (Å²) in [6, 6.07) is 0. The number of amides is 1. The standard InChI is InChI=1S/C18H38N2O/c1-3-5-6-7-8-9-10-11-12-13-17-20-18(21)15-14-16-19-4-2/h19H,3-17H2,1-2H3,(H,20,21). The van der Waals surface area contributed by atoms with Gasteiger partial charge in [-0.15, -0.1) is 0 Å². The molecule has 0 aromatic heterocycles. The molecule has 2 N–H and O–H groups in total. The summed E-state index contributed by atoms with van der Waals surface area (Å²) < 4.78 is 0. The summed E-state index contributed by atoms with van der Waals surface area (Å²) in [6.07, 6.45) is 15.0. The Morgan fingerprint density at radius 2 is 1.29 bits per heavy atom. The first-order valence-corrected chi connectivity index (χ1v) is 9.28. The Hall–Kier alpha value is -0.570. The number of hydrogen-bond acceptors (Lipinski definition) is 2. The van der Waals surface area contributed by atoms with Crippen molar-refractivity contribution >= 4 is 5.91 Å². The summed E-state index contributed by atoms with van der Waals surface area (Å²) in [7, 11) is 0. The maximum absolute atomic E-state index is 11.5. The molecule has 0 bridgehead atoms. The van der Waals surface area contributed by atoms with Crippen LogP contribution in [0.25, 0.3) is 0 Å². The normalized spacial score (nSPS) is 10.8. The van der Waals surface area contributed by atoms with Crippen molar-refractivity contribution in [1.82, 2.24) is 10.6 Å². The molecule has 0 aliphatic carbocycles. The third-order valence-corrected chi connectivity index (χ3v) is 3.86. The first-order valence-electron chi connectivity index (χ1n) is 9.28. The van der Waals surface area contributed by atoms with E-state index in [1.165, 1.54) is 57.8 Å². The van der Waals surface area contributed by atoms with Gasteiger partial charge in [-0.3, -0.25) is 4.79 Å². The molecule has 0 unspecified atom stereocenters. The van der Waals surface area contributed by atoms with Gasteiger partial charge in [0.1, 0.15) is 0 Å². The largest absolute Gasteiger partial charge is 0.356 e. The van der Waals surface area contributed by atoms with E-state index in [9.17, 15) is 4.79 Å². The van der Waals surface area contributed by atoms with Crippen molar-refractivity contribution in [3.63, 3.8) is 0 Å². The van der Waals surface area contributed by atoms with Crippen molar-refractivity contribution in [2.45, 2.75) is 90.9 Å². The highest BCUT2D eigenvalue weighted by atomic mass is 16.1. The number of unbranched alkanes of at least 4 members (excludes halogenated alkanes) is 9. The highest BCUT2D eigenvalue weighted by molar-refractivity contribution is 5.75. The number of rotatable bonds is 16. The van der Waals surface area contributed by atoms with Gasteiger partial charge in [-0.05, 0) is 25.9 Å². The van der Waals surface area contributed by atoms with Gasteiger partial charge in [0, 0.05) is 13.0 Å². The smallest absolute Gasteiger partial charge is 0.220 e. The SMILES string of the molecule is CCCCCCCCCCCCNC(=O)CCCNCC. The summed E-state index contributed by atoms with van der Waals surface area (Å²) in [5.74, 6) is 0.212. The molecule has 0 spiro atoms. The molecule has 0 aromatic carbocycles. The third-order valence-electron chi connectivity index (χ3n) is 3.86. The molecule has 126 valence electrons. The van der Waals surface area contributed by atoms with Gasteiger partial charge >= 0.3 is 0 Å². The second kappa shape index (κ2) is 17.5. The lowest BCUT2D eigenvalue weighted by Gasteiger charge is -2.06. The molecule has 0 heterocycles. The maximum Gasteiger partial charge on any atom is 0.220 e. The molecule has 3 nitrogen and oxygen atoms in total. The van der Waals surface area contributed by atoms with Gasteiger partial charge in [0.15, 0.2) is 0 Å². The number of nitrogens with one attached hydrogen (secondary N) is 2. The van der Waals surface area contributed by atoms with Gasteiger partial charge in [0.05, 0.1) is 0 Å². The van der Waals surface area contributed by atoms with E-state index in [1.54, 1.807) is 0 Å².